The number of anilines is 1. The van der Waals surface area contributed by atoms with Crippen LogP contribution in [0.25, 0.3) is 0 Å². The molecule has 0 aliphatic carbocycles. The zero-order valence-corrected chi connectivity index (χ0v) is 6.46. The van der Waals surface area contributed by atoms with Crippen LogP contribution in [0.1, 0.15) is 23.1 Å². The quantitative estimate of drug-likeness (QED) is 0.596. The maximum absolute atomic E-state index is 10.8. The molecule has 0 aliphatic heterocycles. The fourth-order valence-corrected chi connectivity index (χ4v) is 0.767. The Balaban J connectivity index is 3.20. The summed E-state index contributed by atoms with van der Waals surface area (Å²) in [6, 6.07) is 0. The average Bonchev–Trinajstić information content (AvgIpc) is 1.85. The van der Waals surface area contributed by atoms with Crippen LogP contribution in [0.2, 0.25) is 0 Å². The standard InChI is InChI=1S/C7H9N3O/c1-4-3-9-6(5(2)11)7(8)10-4/h3H,1-2H3,(H2,8,10). The molecule has 0 atom stereocenters. The number of carbonyl (C=O) groups is 1. The van der Waals surface area contributed by atoms with E-state index in [9.17, 15) is 4.79 Å². The van der Waals surface area contributed by atoms with Crippen LogP contribution in [0.15, 0.2) is 6.20 Å². The molecule has 0 saturated heterocycles. The van der Waals surface area contributed by atoms with E-state index in [0.717, 1.165) is 0 Å². The number of aromatic nitrogens is 2. The number of nitrogen functional groups attached to an aromatic ring is 1. The van der Waals surface area contributed by atoms with Gasteiger partial charge in [-0.2, -0.15) is 0 Å². The number of nitrogens with zero attached hydrogens (tertiary/aromatic N) is 2. The molecule has 1 heterocycles. The Hall–Kier alpha value is -1.45. The summed E-state index contributed by atoms with van der Waals surface area (Å²) in [5.41, 5.74) is 6.39. The van der Waals surface area contributed by atoms with Crippen molar-refractivity contribution in [3.8, 4) is 0 Å². The lowest BCUT2D eigenvalue weighted by Gasteiger charge is -1.98. The number of aryl methyl sites for hydroxylation is 1. The topological polar surface area (TPSA) is 68.9 Å². The molecule has 0 saturated carbocycles. The second kappa shape index (κ2) is 2.65. The summed E-state index contributed by atoms with van der Waals surface area (Å²) in [4.78, 5) is 18.5. The van der Waals surface area contributed by atoms with Crippen molar-refractivity contribution in [2.45, 2.75) is 13.8 Å². The van der Waals surface area contributed by atoms with Crippen molar-refractivity contribution in [2.75, 3.05) is 5.73 Å². The zero-order chi connectivity index (χ0) is 8.43. The minimum atomic E-state index is -0.157. The largest absolute Gasteiger partial charge is 0.382 e. The average molecular weight is 151 g/mol. The highest BCUT2D eigenvalue weighted by Gasteiger charge is 2.06. The van der Waals surface area contributed by atoms with E-state index in [4.69, 9.17) is 5.73 Å². The molecule has 2 N–H and O–H groups in total. The number of ketones is 1. The Morgan fingerprint density at radius 1 is 1.64 bits per heavy atom. The zero-order valence-electron chi connectivity index (χ0n) is 6.46. The van der Waals surface area contributed by atoms with Gasteiger partial charge >= 0.3 is 0 Å². The normalized spacial score (nSPS) is 9.64. The first-order valence-corrected chi connectivity index (χ1v) is 3.21. The fourth-order valence-electron chi connectivity index (χ4n) is 0.767. The summed E-state index contributed by atoms with van der Waals surface area (Å²) >= 11 is 0. The summed E-state index contributed by atoms with van der Waals surface area (Å²) in [6.45, 7) is 3.18. The maximum atomic E-state index is 10.8. The molecule has 0 unspecified atom stereocenters. The molecule has 0 spiro atoms. The Bertz CT molecular complexity index is 296. The monoisotopic (exact) mass is 151 g/mol. The van der Waals surface area contributed by atoms with E-state index in [1.165, 1.54) is 13.1 Å². The Morgan fingerprint density at radius 3 is 2.73 bits per heavy atom. The van der Waals surface area contributed by atoms with Crippen molar-refractivity contribution < 1.29 is 4.79 Å². The van der Waals surface area contributed by atoms with E-state index in [-0.39, 0.29) is 17.3 Å². The van der Waals surface area contributed by atoms with Crippen molar-refractivity contribution >= 4 is 11.6 Å². The predicted molar refractivity (Wildman–Crippen MR) is 41.2 cm³/mol. The highest BCUT2D eigenvalue weighted by molar-refractivity contribution is 5.96. The lowest BCUT2D eigenvalue weighted by Crippen LogP contribution is -2.05. The van der Waals surface area contributed by atoms with Gasteiger partial charge in [0.15, 0.2) is 11.6 Å². The van der Waals surface area contributed by atoms with Gasteiger partial charge in [0.2, 0.25) is 0 Å². The van der Waals surface area contributed by atoms with E-state index in [1.54, 1.807) is 6.92 Å². The van der Waals surface area contributed by atoms with Crippen molar-refractivity contribution in [3.05, 3.63) is 17.6 Å². The van der Waals surface area contributed by atoms with Crippen LogP contribution >= 0.6 is 0 Å². The summed E-state index contributed by atoms with van der Waals surface area (Å²) < 4.78 is 0. The molecule has 0 fully saturated rings. The number of nitrogens with two attached hydrogens (primary N) is 1. The van der Waals surface area contributed by atoms with Gasteiger partial charge in [0, 0.05) is 13.1 Å². The van der Waals surface area contributed by atoms with E-state index >= 15 is 0 Å². The summed E-state index contributed by atoms with van der Waals surface area (Å²) in [5, 5.41) is 0. The van der Waals surface area contributed by atoms with Gasteiger partial charge in [0.1, 0.15) is 5.69 Å². The SMILES string of the molecule is CC(=O)c1ncc(C)nc1N. The van der Waals surface area contributed by atoms with Crippen LogP contribution in [-0.4, -0.2) is 15.8 Å². The third kappa shape index (κ3) is 1.52. The molecule has 58 valence electrons. The fraction of sp³-hybridized carbons (Fsp3) is 0.286. The van der Waals surface area contributed by atoms with Crippen LogP contribution in [0, 0.1) is 6.92 Å². The second-order valence-corrected chi connectivity index (χ2v) is 2.30. The lowest BCUT2D eigenvalue weighted by atomic mass is 10.3. The molecular weight excluding hydrogens is 142 g/mol. The van der Waals surface area contributed by atoms with Gasteiger partial charge in [-0.15, -0.1) is 0 Å². The van der Waals surface area contributed by atoms with Crippen LogP contribution in [0.5, 0.6) is 0 Å². The molecule has 4 nitrogen and oxygen atoms in total. The molecule has 1 rings (SSSR count). The Morgan fingerprint density at radius 2 is 2.27 bits per heavy atom. The van der Waals surface area contributed by atoms with Crippen LogP contribution in [0.3, 0.4) is 0 Å². The van der Waals surface area contributed by atoms with Gasteiger partial charge in [-0.1, -0.05) is 0 Å². The van der Waals surface area contributed by atoms with E-state index in [1.807, 2.05) is 0 Å². The highest BCUT2D eigenvalue weighted by atomic mass is 16.1. The number of rotatable bonds is 1. The summed E-state index contributed by atoms with van der Waals surface area (Å²) in [5.74, 6) is 0.0486. The lowest BCUT2D eigenvalue weighted by molar-refractivity contribution is 0.101. The molecule has 0 radical (unpaired) electrons. The molecule has 0 aromatic carbocycles. The molecule has 4 heteroatoms. The third-order valence-corrected chi connectivity index (χ3v) is 1.25. The van der Waals surface area contributed by atoms with Crippen LogP contribution in [0.4, 0.5) is 5.82 Å². The Labute approximate surface area is 64.5 Å². The molecule has 0 aliphatic rings. The number of hydrogen-bond donors (Lipinski definition) is 1. The first-order chi connectivity index (χ1) is 5.11. The number of Topliss-reactive ketones (excluding diaryl/α,β-unsaturated/α-hetero) is 1. The minimum Gasteiger partial charge on any atom is -0.382 e. The Kier molecular flexibility index (Phi) is 1.85. The third-order valence-electron chi connectivity index (χ3n) is 1.25. The maximum Gasteiger partial charge on any atom is 0.181 e. The highest BCUT2D eigenvalue weighted by Crippen LogP contribution is 2.05. The first-order valence-electron chi connectivity index (χ1n) is 3.21. The van der Waals surface area contributed by atoms with Crippen molar-refractivity contribution in [1.29, 1.82) is 0 Å². The van der Waals surface area contributed by atoms with Crippen molar-refractivity contribution in [3.63, 3.8) is 0 Å². The van der Waals surface area contributed by atoms with E-state index < -0.39 is 0 Å². The van der Waals surface area contributed by atoms with Gasteiger partial charge in [-0.05, 0) is 6.92 Å². The van der Waals surface area contributed by atoms with Crippen LogP contribution < -0.4 is 5.73 Å². The molecule has 0 bridgehead atoms. The van der Waals surface area contributed by atoms with Gasteiger partial charge in [0.05, 0.1) is 5.69 Å². The van der Waals surface area contributed by atoms with E-state index in [0.29, 0.717) is 5.69 Å². The van der Waals surface area contributed by atoms with Crippen LogP contribution in [-0.2, 0) is 0 Å². The van der Waals surface area contributed by atoms with Crippen molar-refractivity contribution in [2.24, 2.45) is 0 Å². The second-order valence-electron chi connectivity index (χ2n) is 2.30. The van der Waals surface area contributed by atoms with Crippen molar-refractivity contribution in [1.82, 2.24) is 9.97 Å². The molecule has 1 aromatic rings. The van der Waals surface area contributed by atoms with Gasteiger partial charge in [-0.25, -0.2) is 9.97 Å². The molecule has 11 heavy (non-hydrogen) atoms. The predicted octanol–water partition coefficient (Wildman–Crippen LogP) is 0.570. The number of hydrogen-bond acceptors (Lipinski definition) is 4. The minimum absolute atomic E-state index is 0.157. The van der Waals surface area contributed by atoms with E-state index in [2.05, 4.69) is 9.97 Å². The summed E-state index contributed by atoms with van der Waals surface area (Å²) in [7, 11) is 0. The first kappa shape index (κ1) is 7.65. The number of carbonyl (C=O) groups excluding carboxylic acids is 1. The van der Waals surface area contributed by atoms with Gasteiger partial charge in [-0.3, -0.25) is 4.79 Å². The summed E-state index contributed by atoms with van der Waals surface area (Å²) in [6.07, 6.45) is 1.52. The van der Waals surface area contributed by atoms with Gasteiger partial charge in [0.25, 0.3) is 0 Å². The molecule has 0 amide bonds. The molecular formula is C7H9N3O. The smallest absolute Gasteiger partial charge is 0.181 e. The van der Waals surface area contributed by atoms with Gasteiger partial charge < -0.3 is 5.73 Å². The molecule has 1 aromatic heterocycles.